The third kappa shape index (κ3) is 4.57. The lowest BCUT2D eigenvalue weighted by Gasteiger charge is -1.99. The molecule has 2 aromatic rings. The molecule has 5 nitrogen and oxygen atoms in total. The molecule has 0 amide bonds. The number of hydrogen-bond acceptors (Lipinski definition) is 4. The van der Waals surface area contributed by atoms with Gasteiger partial charge in [-0.3, -0.25) is 4.79 Å². The fourth-order valence-electron chi connectivity index (χ4n) is 1.84. The number of hydrogen-bond donors (Lipinski definition) is 3. The largest absolute Gasteiger partial charge is 0.504 e. The van der Waals surface area contributed by atoms with Crippen LogP contribution in [0.2, 0.25) is 0 Å². The maximum atomic E-state index is 12.0. The van der Waals surface area contributed by atoms with Gasteiger partial charge in [-0.2, -0.15) is 0 Å². The highest BCUT2D eigenvalue weighted by Gasteiger charge is 2.02. The Kier molecular flexibility index (Phi) is 4.94. The van der Waals surface area contributed by atoms with E-state index in [2.05, 4.69) is 0 Å². The number of benzene rings is 2. The molecule has 0 radical (unpaired) electrons. The van der Waals surface area contributed by atoms with Crippen molar-refractivity contribution in [2.24, 2.45) is 0 Å². The van der Waals surface area contributed by atoms with Crippen LogP contribution in [-0.2, 0) is 4.79 Å². The Morgan fingerprint density at radius 1 is 0.783 bits per heavy atom. The van der Waals surface area contributed by atoms with Gasteiger partial charge in [-0.05, 0) is 35.4 Å². The molecule has 0 spiro atoms. The molecule has 0 aliphatic carbocycles. The lowest BCUT2D eigenvalue weighted by atomic mass is 10.1. The molecule has 0 aliphatic heterocycles. The van der Waals surface area contributed by atoms with E-state index < -0.39 is 5.97 Å². The standard InChI is InChI=1S/C18H14O5/c19-15(8-3-13-4-9-16(20)17(21)11-13)14-6-1-12(2-7-14)5-10-18(22)23/h1-11,20-21H,(H,22,23). The van der Waals surface area contributed by atoms with Crippen LogP contribution in [0.5, 0.6) is 11.5 Å². The van der Waals surface area contributed by atoms with Gasteiger partial charge in [-0.1, -0.05) is 36.4 Å². The van der Waals surface area contributed by atoms with Gasteiger partial charge >= 0.3 is 5.97 Å². The molecule has 0 aromatic heterocycles. The summed E-state index contributed by atoms with van der Waals surface area (Å²) in [6, 6.07) is 10.7. The van der Waals surface area contributed by atoms with Gasteiger partial charge in [-0.25, -0.2) is 4.79 Å². The maximum Gasteiger partial charge on any atom is 0.328 e. The number of ketones is 1. The SMILES string of the molecule is O=C(O)C=Cc1ccc(C(=O)C=Cc2ccc(O)c(O)c2)cc1. The average Bonchev–Trinajstić information content (AvgIpc) is 2.54. The minimum absolute atomic E-state index is 0.224. The fraction of sp³-hybridized carbons (Fsp3) is 0. The fourth-order valence-corrected chi connectivity index (χ4v) is 1.84. The van der Waals surface area contributed by atoms with Crippen molar-refractivity contribution in [1.29, 1.82) is 0 Å². The van der Waals surface area contributed by atoms with Crippen LogP contribution >= 0.6 is 0 Å². The number of carboxylic acids is 1. The molecule has 0 saturated carbocycles. The van der Waals surface area contributed by atoms with Crippen LogP contribution < -0.4 is 0 Å². The third-order valence-electron chi connectivity index (χ3n) is 3.04. The minimum Gasteiger partial charge on any atom is -0.504 e. The topological polar surface area (TPSA) is 94.8 Å². The second kappa shape index (κ2) is 7.09. The van der Waals surface area contributed by atoms with Crippen LogP contribution in [0.25, 0.3) is 12.2 Å². The van der Waals surface area contributed by atoms with Crippen molar-refractivity contribution >= 4 is 23.9 Å². The van der Waals surface area contributed by atoms with Crippen LogP contribution in [0, 0.1) is 0 Å². The summed E-state index contributed by atoms with van der Waals surface area (Å²) in [7, 11) is 0. The zero-order valence-corrected chi connectivity index (χ0v) is 12.0. The summed E-state index contributed by atoms with van der Waals surface area (Å²) in [5.41, 5.74) is 1.71. The van der Waals surface area contributed by atoms with E-state index in [0.29, 0.717) is 16.7 Å². The number of phenolic OH excluding ortho intramolecular Hbond substituents is 2. The van der Waals surface area contributed by atoms with Crippen molar-refractivity contribution in [3.05, 3.63) is 71.3 Å². The molecule has 0 heterocycles. The van der Waals surface area contributed by atoms with Crippen LogP contribution in [0.3, 0.4) is 0 Å². The Hall–Kier alpha value is -3.34. The normalized spacial score (nSPS) is 11.1. The molecule has 23 heavy (non-hydrogen) atoms. The summed E-state index contributed by atoms with van der Waals surface area (Å²) in [6.07, 6.45) is 5.34. The highest BCUT2D eigenvalue weighted by atomic mass is 16.4. The van der Waals surface area contributed by atoms with E-state index in [-0.39, 0.29) is 17.3 Å². The molecule has 3 N–H and O–H groups in total. The minimum atomic E-state index is -1.04. The van der Waals surface area contributed by atoms with Gasteiger partial charge in [-0.15, -0.1) is 0 Å². The number of rotatable bonds is 5. The highest BCUT2D eigenvalue weighted by Crippen LogP contribution is 2.25. The predicted molar refractivity (Wildman–Crippen MR) is 86.2 cm³/mol. The van der Waals surface area contributed by atoms with Gasteiger partial charge in [0.1, 0.15) is 0 Å². The Morgan fingerprint density at radius 2 is 1.39 bits per heavy atom. The first kappa shape index (κ1) is 16.0. The first-order valence-corrected chi connectivity index (χ1v) is 6.71. The Bertz CT molecular complexity index is 786. The number of allylic oxidation sites excluding steroid dienone is 1. The molecule has 0 unspecified atom stereocenters. The number of aliphatic carboxylic acids is 1. The van der Waals surface area contributed by atoms with E-state index in [1.165, 1.54) is 30.4 Å². The van der Waals surface area contributed by atoms with E-state index >= 15 is 0 Å². The van der Waals surface area contributed by atoms with Crippen molar-refractivity contribution in [3.8, 4) is 11.5 Å². The van der Waals surface area contributed by atoms with E-state index in [4.69, 9.17) is 5.11 Å². The Morgan fingerprint density at radius 3 is 2.00 bits per heavy atom. The van der Waals surface area contributed by atoms with Crippen molar-refractivity contribution in [3.63, 3.8) is 0 Å². The van der Waals surface area contributed by atoms with Crippen molar-refractivity contribution in [1.82, 2.24) is 0 Å². The molecule has 0 bridgehead atoms. The summed E-state index contributed by atoms with van der Waals surface area (Å²) < 4.78 is 0. The monoisotopic (exact) mass is 310 g/mol. The molecule has 0 aliphatic rings. The van der Waals surface area contributed by atoms with Gasteiger partial charge < -0.3 is 15.3 Å². The van der Waals surface area contributed by atoms with Crippen LogP contribution in [0.4, 0.5) is 0 Å². The number of carbonyl (C=O) groups excluding carboxylic acids is 1. The summed E-state index contributed by atoms with van der Waals surface area (Å²) in [5.74, 6) is -1.75. The first-order valence-electron chi connectivity index (χ1n) is 6.71. The molecule has 0 saturated heterocycles. The Labute approximate surface area is 132 Å². The molecule has 0 fully saturated rings. The van der Waals surface area contributed by atoms with Crippen molar-refractivity contribution < 1.29 is 24.9 Å². The molecule has 2 rings (SSSR count). The van der Waals surface area contributed by atoms with Gasteiger partial charge in [0.25, 0.3) is 0 Å². The quantitative estimate of drug-likeness (QED) is 0.448. The maximum absolute atomic E-state index is 12.0. The van der Waals surface area contributed by atoms with Crippen LogP contribution in [0.15, 0.2) is 54.6 Å². The number of aromatic hydroxyl groups is 2. The molecule has 116 valence electrons. The van der Waals surface area contributed by atoms with Crippen LogP contribution in [-0.4, -0.2) is 27.1 Å². The number of carboxylic acid groups (broad SMARTS) is 1. The van der Waals surface area contributed by atoms with Crippen molar-refractivity contribution in [2.75, 3.05) is 0 Å². The molecular formula is C18H14O5. The number of phenols is 2. The zero-order chi connectivity index (χ0) is 16.8. The second-order valence-corrected chi connectivity index (χ2v) is 4.74. The summed E-state index contributed by atoms with van der Waals surface area (Å²) in [6.45, 7) is 0. The number of carbonyl (C=O) groups is 2. The molecular weight excluding hydrogens is 296 g/mol. The van der Waals surface area contributed by atoms with Crippen molar-refractivity contribution in [2.45, 2.75) is 0 Å². The van der Waals surface area contributed by atoms with Gasteiger partial charge in [0.05, 0.1) is 0 Å². The van der Waals surface area contributed by atoms with Gasteiger partial charge in [0, 0.05) is 11.6 Å². The summed E-state index contributed by atoms with van der Waals surface area (Å²) >= 11 is 0. The molecule has 2 aromatic carbocycles. The lowest BCUT2D eigenvalue weighted by Crippen LogP contribution is -1.94. The second-order valence-electron chi connectivity index (χ2n) is 4.74. The zero-order valence-electron chi connectivity index (χ0n) is 12.0. The highest BCUT2D eigenvalue weighted by molar-refractivity contribution is 6.06. The Balaban J connectivity index is 2.09. The smallest absolute Gasteiger partial charge is 0.328 e. The lowest BCUT2D eigenvalue weighted by molar-refractivity contribution is -0.131. The van der Waals surface area contributed by atoms with Crippen LogP contribution in [0.1, 0.15) is 21.5 Å². The molecule has 0 atom stereocenters. The van der Waals surface area contributed by atoms with Gasteiger partial charge in [0.15, 0.2) is 17.3 Å². The van der Waals surface area contributed by atoms with E-state index in [9.17, 15) is 19.8 Å². The summed E-state index contributed by atoms with van der Waals surface area (Å²) in [5, 5.41) is 27.2. The van der Waals surface area contributed by atoms with E-state index in [1.807, 2.05) is 0 Å². The third-order valence-corrected chi connectivity index (χ3v) is 3.04. The van der Waals surface area contributed by atoms with E-state index in [0.717, 1.165) is 6.08 Å². The average molecular weight is 310 g/mol. The predicted octanol–water partition coefficient (Wildman–Crippen LogP) is 3.09. The first-order chi connectivity index (χ1) is 11.0. The van der Waals surface area contributed by atoms with E-state index in [1.54, 1.807) is 30.3 Å². The van der Waals surface area contributed by atoms with Gasteiger partial charge in [0.2, 0.25) is 0 Å². The summed E-state index contributed by atoms with van der Waals surface area (Å²) in [4.78, 5) is 22.5. The molecule has 5 heteroatoms.